The maximum atomic E-state index is 12.5. The average molecular weight is 203 g/mol. The van der Waals surface area contributed by atoms with Gasteiger partial charge in [0.05, 0.1) is 6.04 Å². The van der Waals surface area contributed by atoms with Gasteiger partial charge in [-0.05, 0) is 33.6 Å². The van der Waals surface area contributed by atoms with Crippen LogP contribution in [0.1, 0.15) is 33.6 Å². The van der Waals surface area contributed by atoms with Gasteiger partial charge in [-0.25, -0.2) is 9.18 Å². The van der Waals surface area contributed by atoms with Crippen LogP contribution in [0.4, 0.5) is 9.18 Å². The molecule has 0 aromatic heterocycles. The third-order valence-corrected chi connectivity index (χ3v) is 2.18. The van der Waals surface area contributed by atoms with E-state index >= 15 is 0 Å². The van der Waals surface area contributed by atoms with Gasteiger partial charge in [-0.3, -0.25) is 0 Å². The summed E-state index contributed by atoms with van der Waals surface area (Å²) in [5.74, 6) is 0. The molecule has 0 aromatic carbocycles. The van der Waals surface area contributed by atoms with Crippen molar-refractivity contribution in [3.63, 3.8) is 0 Å². The second-order valence-corrected chi connectivity index (χ2v) is 4.62. The SMILES string of the molecule is CC(C)(C)OC(=O)N1CCC[C@H]1CF. The second-order valence-electron chi connectivity index (χ2n) is 4.62. The predicted octanol–water partition coefficient (Wildman–Crippen LogP) is 2.36. The Balaban J connectivity index is 2.52. The zero-order chi connectivity index (χ0) is 10.8. The molecular weight excluding hydrogens is 185 g/mol. The topological polar surface area (TPSA) is 29.5 Å². The van der Waals surface area contributed by atoms with Crippen molar-refractivity contribution < 1.29 is 13.9 Å². The molecule has 0 N–H and O–H groups in total. The van der Waals surface area contributed by atoms with Crippen molar-refractivity contribution in [3.8, 4) is 0 Å². The van der Waals surface area contributed by atoms with E-state index in [9.17, 15) is 9.18 Å². The van der Waals surface area contributed by atoms with E-state index in [2.05, 4.69) is 0 Å². The van der Waals surface area contributed by atoms with Crippen molar-refractivity contribution >= 4 is 6.09 Å². The maximum Gasteiger partial charge on any atom is 0.410 e. The summed E-state index contributed by atoms with van der Waals surface area (Å²) in [6.45, 7) is 5.57. The highest BCUT2D eigenvalue weighted by Crippen LogP contribution is 2.20. The monoisotopic (exact) mass is 203 g/mol. The van der Waals surface area contributed by atoms with Gasteiger partial charge >= 0.3 is 6.09 Å². The fourth-order valence-corrected chi connectivity index (χ4v) is 1.56. The summed E-state index contributed by atoms with van der Waals surface area (Å²) >= 11 is 0. The molecule has 0 aliphatic carbocycles. The minimum Gasteiger partial charge on any atom is -0.444 e. The summed E-state index contributed by atoms with van der Waals surface area (Å²) in [6, 6.07) is -0.273. The van der Waals surface area contributed by atoms with Gasteiger partial charge in [0.15, 0.2) is 0 Å². The van der Waals surface area contributed by atoms with Gasteiger partial charge in [-0.1, -0.05) is 0 Å². The number of nitrogens with zero attached hydrogens (tertiary/aromatic N) is 1. The Bertz CT molecular complexity index is 213. The molecule has 82 valence electrons. The number of halogens is 1. The fraction of sp³-hybridized carbons (Fsp3) is 0.900. The van der Waals surface area contributed by atoms with Crippen molar-refractivity contribution in [3.05, 3.63) is 0 Å². The molecule has 0 radical (unpaired) electrons. The first-order valence-electron chi connectivity index (χ1n) is 4.99. The van der Waals surface area contributed by atoms with E-state index in [-0.39, 0.29) is 6.04 Å². The largest absolute Gasteiger partial charge is 0.444 e. The Morgan fingerprint density at radius 3 is 2.71 bits per heavy atom. The van der Waals surface area contributed by atoms with Crippen LogP contribution in [0.15, 0.2) is 0 Å². The van der Waals surface area contributed by atoms with Crippen LogP contribution >= 0.6 is 0 Å². The van der Waals surface area contributed by atoms with Gasteiger partial charge < -0.3 is 9.64 Å². The Morgan fingerprint density at radius 2 is 2.21 bits per heavy atom. The van der Waals surface area contributed by atoms with Crippen LogP contribution in [0, 0.1) is 0 Å². The lowest BCUT2D eigenvalue weighted by molar-refractivity contribution is 0.0207. The van der Waals surface area contributed by atoms with Crippen molar-refractivity contribution in [2.45, 2.75) is 45.3 Å². The van der Waals surface area contributed by atoms with Gasteiger partial charge in [-0.15, -0.1) is 0 Å². The van der Waals surface area contributed by atoms with Gasteiger partial charge in [-0.2, -0.15) is 0 Å². The number of amides is 1. The lowest BCUT2D eigenvalue weighted by Crippen LogP contribution is -2.40. The zero-order valence-corrected chi connectivity index (χ0v) is 9.05. The third kappa shape index (κ3) is 2.86. The lowest BCUT2D eigenvalue weighted by atomic mass is 10.2. The molecule has 1 fully saturated rings. The molecule has 1 heterocycles. The minimum absolute atomic E-state index is 0.273. The van der Waals surface area contributed by atoms with Crippen LogP contribution in [-0.2, 0) is 4.74 Å². The standard InChI is InChI=1S/C10H18FNO2/c1-10(2,3)14-9(13)12-6-4-5-8(12)7-11/h8H,4-7H2,1-3H3/t8-/m0/s1. The van der Waals surface area contributed by atoms with E-state index in [1.54, 1.807) is 0 Å². The quantitative estimate of drug-likeness (QED) is 0.654. The molecule has 0 aromatic rings. The average Bonchev–Trinajstić information content (AvgIpc) is 2.47. The van der Waals surface area contributed by atoms with E-state index < -0.39 is 18.4 Å². The van der Waals surface area contributed by atoms with Crippen LogP contribution in [-0.4, -0.2) is 35.9 Å². The molecule has 3 nitrogen and oxygen atoms in total. The molecule has 1 rings (SSSR count). The number of carbonyl (C=O) groups is 1. The van der Waals surface area contributed by atoms with Crippen molar-refractivity contribution in [1.82, 2.24) is 4.90 Å². The minimum atomic E-state index is -0.499. The number of likely N-dealkylation sites (tertiary alicyclic amines) is 1. The van der Waals surface area contributed by atoms with Crippen LogP contribution in [0.2, 0.25) is 0 Å². The molecule has 1 saturated heterocycles. The maximum absolute atomic E-state index is 12.5. The summed E-state index contributed by atoms with van der Waals surface area (Å²) < 4.78 is 17.7. The summed E-state index contributed by atoms with van der Waals surface area (Å²) in [5.41, 5.74) is -0.499. The van der Waals surface area contributed by atoms with E-state index in [0.29, 0.717) is 6.54 Å². The van der Waals surface area contributed by atoms with Crippen molar-refractivity contribution in [1.29, 1.82) is 0 Å². The van der Waals surface area contributed by atoms with Crippen LogP contribution in [0.25, 0.3) is 0 Å². The normalized spacial score (nSPS) is 22.6. The zero-order valence-electron chi connectivity index (χ0n) is 9.05. The van der Waals surface area contributed by atoms with Gasteiger partial charge in [0.2, 0.25) is 0 Å². The van der Waals surface area contributed by atoms with Crippen LogP contribution in [0.5, 0.6) is 0 Å². The van der Waals surface area contributed by atoms with E-state index in [1.165, 1.54) is 4.90 Å². The van der Waals surface area contributed by atoms with Crippen LogP contribution in [0.3, 0.4) is 0 Å². The first-order valence-corrected chi connectivity index (χ1v) is 4.99. The van der Waals surface area contributed by atoms with E-state index in [0.717, 1.165) is 12.8 Å². The molecule has 0 spiro atoms. The Hall–Kier alpha value is -0.800. The number of alkyl halides is 1. The summed E-state index contributed by atoms with van der Waals surface area (Å²) in [6.07, 6.45) is 1.22. The number of hydrogen-bond acceptors (Lipinski definition) is 2. The third-order valence-electron chi connectivity index (χ3n) is 2.18. The highest BCUT2D eigenvalue weighted by atomic mass is 19.1. The first kappa shape index (κ1) is 11.3. The van der Waals surface area contributed by atoms with Gasteiger partial charge in [0.1, 0.15) is 12.3 Å². The molecule has 0 bridgehead atoms. The molecule has 0 unspecified atom stereocenters. The lowest BCUT2D eigenvalue weighted by Gasteiger charge is -2.27. The second kappa shape index (κ2) is 4.15. The molecular formula is C10H18FNO2. The molecule has 1 aliphatic heterocycles. The Labute approximate surface area is 84.2 Å². The van der Waals surface area contributed by atoms with E-state index in [1.807, 2.05) is 20.8 Å². The smallest absolute Gasteiger partial charge is 0.410 e. The number of carbonyl (C=O) groups excluding carboxylic acids is 1. The molecule has 1 atom stereocenters. The molecule has 4 heteroatoms. The van der Waals surface area contributed by atoms with Crippen LogP contribution < -0.4 is 0 Å². The van der Waals surface area contributed by atoms with Gasteiger partial charge in [0, 0.05) is 6.54 Å². The van der Waals surface area contributed by atoms with Crippen molar-refractivity contribution in [2.75, 3.05) is 13.2 Å². The summed E-state index contributed by atoms with van der Waals surface area (Å²) in [7, 11) is 0. The summed E-state index contributed by atoms with van der Waals surface area (Å²) in [4.78, 5) is 13.1. The van der Waals surface area contributed by atoms with E-state index in [4.69, 9.17) is 4.74 Å². The fourth-order valence-electron chi connectivity index (χ4n) is 1.56. The van der Waals surface area contributed by atoms with Crippen molar-refractivity contribution in [2.24, 2.45) is 0 Å². The highest BCUT2D eigenvalue weighted by molar-refractivity contribution is 5.68. The number of rotatable bonds is 1. The Kier molecular flexibility index (Phi) is 3.34. The predicted molar refractivity (Wildman–Crippen MR) is 51.9 cm³/mol. The number of ether oxygens (including phenoxy) is 1. The molecule has 1 aliphatic rings. The molecule has 1 amide bonds. The molecule has 0 saturated carbocycles. The van der Waals surface area contributed by atoms with Gasteiger partial charge in [0.25, 0.3) is 0 Å². The first-order chi connectivity index (χ1) is 6.44. The molecule has 14 heavy (non-hydrogen) atoms. The Morgan fingerprint density at radius 1 is 1.57 bits per heavy atom. The number of hydrogen-bond donors (Lipinski definition) is 0. The summed E-state index contributed by atoms with van der Waals surface area (Å²) in [5, 5.41) is 0. The highest BCUT2D eigenvalue weighted by Gasteiger charge is 2.31.